The zero-order valence-corrected chi connectivity index (χ0v) is 42.0. The molecule has 0 bridgehead atoms. The van der Waals surface area contributed by atoms with E-state index in [0.717, 1.165) is 119 Å². The zero-order chi connectivity index (χ0) is 45.5. The molecule has 8 atom stereocenters. The molecular formula is C55H100N4O4. The topological polar surface area (TPSA) is 114 Å². The van der Waals surface area contributed by atoms with Crippen molar-refractivity contribution in [3.05, 3.63) is 11.6 Å². The van der Waals surface area contributed by atoms with Gasteiger partial charge in [0.15, 0.2) is 0 Å². The van der Waals surface area contributed by atoms with Gasteiger partial charge in [-0.25, -0.2) is 4.79 Å². The Hall–Kier alpha value is -2.09. The van der Waals surface area contributed by atoms with Crippen molar-refractivity contribution in [2.75, 3.05) is 32.7 Å². The Kier molecular flexibility index (Phi) is 24.5. The summed E-state index contributed by atoms with van der Waals surface area (Å²) in [6, 6.07) is 0. The van der Waals surface area contributed by atoms with E-state index in [1.807, 2.05) is 0 Å². The summed E-state index contributed by atoms with van der Waals surface area (Å²) in [6.07, 6.45) is 36.9. The second kappa shape index (κ2) is 28.8. The number of rotatable bonds is 32. The summed E-state index contributed by atoms with van der Waals surface area (Å²) < 4.78 is 6.07. The van der Waals surface area contributed by atoms with Crippen molar-refractivity contribution in [1.82, 2.24) is 15.5 Å². The number of hydrogen-bond donors (Lipinski definition) is 3. The predicted molar refractivity (Wildman–Crippen MR) is 263 cm³/mol. The van der Waals surface area contributed by atoms with Crippen LogP contribution in [0.25, 0.3) is 0 Å². The molecule has 0 unspecified atom stereocenters. The van der Waals surface area contributed by atoms with E-state index in [0.29, 0.717) is 38.0 Å². The maximum Gasteiger partial charge on any atom is 0.407 e. The number of nitrogens with one attached hydrogen (secondary N) is 2. The molecule has 0 aromatic rings. The van der Waals surface area contributed by atoms with Crippen LogP contribution in [0.4, 0.5) is 4.79 Å². The van der Waals surface area contributed by atoms with Crippen molar-refractivity contribution in [3.8, 4) is 0 Å². The maximum absolute atomic E-state index is 13.3. The number of nitrogens with two attached hydrogens (primary N) is 1. The number of unbranched alkanes of at least 4 members (excludes halogenated alkanes) is 15. The van der Waals surface area contributed by atoms with E-state index >= 15 is 0 Å². The molecule has 0 heterocycles. The lowest BCUT2D eigenvalue weighted by molar-refractivity contribution is -0.136. The first-order valence-corrected chi connectivity index (χ1v) is 27.3. The lowest BCUT2D eigenvalue weighted by Gasteiger charge is -2.58. The number of fused-ring (bicyclic) bond motifs is 5. The Bertz CT molecular complexity index is 1350. The highest BCUT2D eigenvalue weighted by molar-refractivity contribution is 5.84. The molecule has 0 spiro atoms. The Morgan fingerprint density at radius 2 is 1.40 bits per heavy atom. The average Bonchev–Trinajstić information content (AvgIpc) is 3.62. The van der Waals surface area contributed by atoms with Crippen molar-refractivity contribution in [2.45, 2.75) is 240 Å². The highest BCUT2D eigenvalue weighted by Gasteiger charge is 2.59. The van der Waals surface area contributed by atoms with Gasteiger partial charge < -0.3 is 26.0 Å². The molecule has 8 nitrogen and oxygen atoms in total. The summed E-state index contributed by atoms with van der Waals surface area (Å²) in [5, 5.41) is 6.08. The number of amides is 3. The van der Waals surface area contributed by atoms with Crippen LogP contribution in [0.1, 0.15) is 234 Å². The molecule has 0 aromatic carbocycles. The fourth-order valence-corrected chi connectivity index (χ4v) is 13.2. The highest BCUT2D eigenvalue weighted by Crippen LogP contribution is 2.67. The van der Waals surface area contributed by atoms with Crippen LogP contribution in [0.3, 0.4) is 0 Å². The quantitative estimate of drug-likeness (QED) is 0.0460. The summed E-state index contributed by atoms with van der Waals surface area (Å²) in [7, 11) is 0. The number of alkyl carbamates (subject to hydrolysis) is 1. The van der Waals surface area contributed by atoms with E-state index in [2.05, 4.69) is 58.3 Å². The van der Waals surface area contributed by atoms with E-state index in [4.69, 9.17) is 10.5 Å². The van der Waals surface area contributed by atoms with Crippen LogP contribution in [0.2, 0.25) is 0 Å². The molecule has 63 heavy (non-hydrogen) atoms. The zero-order valence-electron chi connectivity index (χ0n) is 42.0. The number of carbonyl (C=O) groups is 3. The minimum atomic E-state index is -0.278. The minimum Gasteiger partial charge on any atom is -0.446 e. The molecule has 364 valence electrons. The SMILES string of the molecule is CCCCCCCCCCCCC(=O)N(CCCCCCNC(=O)O[C@H]1CC[C@@]2(C)C(=CC[C@H]3[C@@H]4CC[C@H]([C@H](C)CCCC(C)C)[C@@]4(C)CC[C@@H]32)C1)CC(=O)NCCCCCCN. The van der Waals surface area contributed by atoms with Crippen molar-refractivity contribution in [3.63, 3.8) is 0 Å². The number of carbonyl (C=O) groups excluding carboxylic acids is 3. The fraction of sp³-hybridized carbons (Fsp3) is 0.909. The van der Waals surface area contributed by atoms with Gasteiger partial charge in [0.05, 0.1) is 6.54 Å². The third-order valence-corrected chi connectivity index (χ3v) is 17.0. The van der Waals surface area contributed by atoms with Gasteiger partial charge in [-0.15, -0.1) is 0 Å². The summed E-state index contributed by atoms with van der Waals surface area (Å²) >= 11 is 0. The summed E-state index contributed by atoms with van der Waals surface area (Å²) in [5.41, 5.74) is 7.94. The molecule has 3 saturated carbocycles. The number of nitrogens with zero attached hydrogens (tertiary/aromatic N) is 1. The minimum absolute atomic E-state index is 0.0329. The highest BCUT2D eigenvalue weighted by atomic mass is 16.6. The molecule has 4 N–H and O–H groups in total. The number of allylic oxidation sites excluding steroid dienone is 1. The third-order valence-electron chi connectivity index (χ3n) is 17.0. The maximum atomic E-state index is 13.3. The van der Waals surface area contributed by atoms with Crippen molar-refractivity contribution in [1.29, 1.82) is 0 Å². The van der Waals surface area contributed by atoms with Crippen molar-refractivity contribution < 1.29 is 19.1 Å². The Morgan fingerprint density at radius 1 is 0.746 bits per heavy atom. The number of ether oxygens (including phenoxy) is 1. The summed E-state index contributed by atoms with van der Waals surface area (Å²) in [5.74, 6) is 5.03. The Balaban J connectivity index is 1.13. The molecule has 8 heteroatoms. The first-order chi connectivity index (χ1) is 30.4. The van der Waals surface area contributed by atoms with Crippen LogP contribution in [0, 0.1) is 46.3 Å². The van der Waals surface area contributed by atoms with Gasteiger partial charge in [-0.1, -0.05) is 156 Å². The molecule has 0 radical (unpaired) electrons. The second-order valence-electron chi connectivity index (χ2n) is 22.2. The summed E-state index contributed by atoms with van der Waals surface area (Å²) in [4.78, 5) is 40.9. The number of hydrogen-bond acceptors (Lipinski definition) is 5. The van der Waals surface area contributed by atoms with E-state index in [1.54, 1.807) is 10.5 Å². The van der Waals surface area contributed by atoms with Gasteiger partial charge in [-0.2, -0.15) is 0 Å². The Labute approximate surface area is 388 Å². The van der Waals surface area contributed by atoms with Crippen molar-refractivity contribution in [2.24, 2.45) is 52.1 Å². The van der Waals surface area contributed by atoms with Crippen molar-refractivity contribution >= 4 is 17.9 Å². The fourth-order valence-electron chi connectivity index (χ4n) is 13.2. The van der Waals surface area contributed by atoms with E-state index in [9.17, 15) is 14.4 Å². The lowest BCUT2D eigenvalue weighted by Crippen LogP contribution is -2.51. The van der Waals surface area contributed by atoms with Gasteiger partial charge >= 0.3 is 6.09 Å². The van der Waals surface area contributed by atoms with Gasteiger partial charge in [0.25, 0.3) is 0 Å². The van der Waals surface area contributed by atoms with Crippen LogP contribution in [0.5, 0.6) is 0 Å². The summed E-state index contributed by atoms with van der Waals surface area (Å²) in [6.45, 7) is 17.5. The molecule has 4 aliphatic rings. The molecule has 3 fully saturated rings. The average molecular weight is 881 g/mol. The largest absolute Gasteiger partial charge is 0.446 e. The first kappa shape index (κ1) is 53.5. The lowest BCUT2D eigenvalue weighted by atomic mass is 9.47. The van der Waals surface area contributed by atoms with Gasteiger partial charge in [-0.05, 0) is 130 Å². The van der Waals surface area contributed by atoms with Gasteiger partial charge in [-0.3, -0.25) is 9.59 Å². The smallest absolute Gasteiger partial charge is 0.407 e. The van der Waals surface area contributed by atoms with Gasteiger partial charge in [0.1, 0.15) is 6.10 Å². The molecule has 0 aliphatic heterocycles. The van der Waals surface area contributed by atoms with Crippen LogP contribution in [0.15, 0.2) is 11.6 Å². The molecule has 4 aliphatic carbocycles. The van der Waals surface area contributed by atoms with Crippen LogP contribution < -0.4 is 16.4 Å². The van der Waals surface area contributed by atoms with Crippen LogP contribution in [-0.4, -0.2) is 61.6 Å². The van der Waals surface area contributed by atoms with E-state index in [-0.39, 0.29) is 36.0 Å². The normalized spacial score (nSPS) is 26.9. The van der Waals surface area contributed by atoms with E-state index < -0.39 is 0 Å². The van der Waals surface area contributed by atoms with Crippen LogP contribution >= 0.6 is 0 Å². The van der Waals surface area contributed by atoms with Gasteiger partial charge in [0, 0.05) is 32.5 Å². The third kappa shape index (κ3) is 17.3. The molecule has 4 rings (SSSR count). The van der Waals surface area contributed by atoms with E-state index in [1.165, 1.54) is 103 Å². The van der Waals surface area contributed by atoms with Gasteiger partial charge in [0.2, 0.25) is 11.8 Å². The predicted octanol–water partition coefficient (Wildman–Crippen LogP) is 13.5. The second-order valence-corrected chi connectivity index (χ2v) is 22.2. The molecule has 3 amide bonds. The molecule has 0 aromatic heterocycles. The monoisotopic (exact) mass is 881 g/mol. The van der Waals surface area contributed by atoms with Crippen LogP contribution in [-0.2, 0) is 14.3 Å². The molecule has 0 saturated heterocycles. The molecular weight excluding hydrogens is 781 g/mol. The Morgan fingerprint density at radius 3 is 2.10 bits per heavy atom. The first-order valence-electron chi connectivity index (χ1n) is 27.3. The standard InChI is InChI=1S/C55H100N4O4/c1-7-8-9-10-11-12-13-14-15-20-28-52(61)59(42-51(60)57-38-22-17-16-21-37-56)40-24-19-18-23-39-58-53(62)63-46-33-35-54(5)45(41-46)29-30-47-49-32-31-48(44(4)27-25-26-43(2)3)55(49,6)36-34-50(47)54/h29,43-44,46-50H,7-28,30-42,56H2,1-6H3,(H,57,60)(H,58,62)/t44-,46+,47+,48-,49+,50+,54+,55-/m1/s1.